The molecule has 0 spiro atoms. The molecule has 0 unspecified atom stereocenters. The summed E-state index contributed by atoms with van der Waals surface area (Å²) in [5.74, 6) is 0. The van der Waals surface area contributed by atoms with Crippen molar-refractivity contribution in [3.8, 4) is 0 Å². The van der Waals surface area contributed by atoms with Crippen LogP contribution in [0.25, 0.3) is 0 Å². The van der Waals surface area contributed by atoms with Gasteiger partial charge in [0.05, 0.1) is 0 Å². The van der Waals surface area contributed by atoms with Crippen molar-refractivity contribution in [3.63, 3.8) is 0 Å². The standard InChI is InChI=1S/C14H18BrNO2/c1-2-7-16(14(17)18)13-6-4-10-8-12(15)5-3-11(10)9-13/h3,5,8,13H,2,4,6-7,9H2,1H3,(H,17,18)/t13-/m0/s1. The van der Waals surface area contributed by atoms with E-state index in [-0.39, 0.29) is 6.04 Å². The molecule has 1 aliphatic rings. The second-order valence-electron chi connectivity index (χ2n) is 4.79. The summed E-state index contributed by atoms with van der Waals surface area (Å²) in [7, 11) is 0. The Bertz CT molecular complexity index is 447. The summed E-state index contributed by atoms with van der Waals surface area (Å²) in [5.41, 5.74) is 2.64. The maximum Gasteiger partial charge on any atom is 0.407 e. The Morgan fingerprint density at radius 3 is 2.94 bits per heavy atom. The van der Waals surface area contributed by atoms with Gasteiger partial charge in [-0.1, -0.05) is 28.9 Å². The van der Waals surface area contributed by atoms with Crippen molar-refractivity contribution in [2.24, 2.45) is 0 Å². The number of fused-ring (bicyclic) bond motifs is 1. The van der Waals surface area contributed by atoms with E-state index in [0.717, 1.165) is 30.2 Å². The minimum atomic E-state index is -0.789. The van der Waals surface area contributed by atoms with Gasteiger partial charge in [0.1, 0.15) is 0 Å². The van der Waals surface area contributed by atoms with Crippen LogP contribution in [-0.4, -0.2) is 28.7 Å². The average Bonchev–Trinajstić information content (AvgIpc) is 2.35. The van der Waals surface area contributed by atoms with E-state index in [9.17, 15) is 9.90 Å². The zero-order valence-corrected chi connectivity index (χ0v) is 12.1. The molecule has 0 radical (unpaired) electrons. The third kappa shape index (κ3) is 2.86. The Morgan fingerprint density at radius 1 is 1.50 bits per heavy atom. The second kappa shape index (κ2) is 5.74. The molecule has 1 N–H and O–H groups in total. The molecule has 98 valence electrons. The number of carbonyl (C=O) groups is 1. The number of hydrogen-bond acceptors (Lipinski definition) is 1. The molecule has 0 heterocycles. The third-order valence-electron chi connectivity index (χ3n) is 3.52. The fourth-order valence-electron chi connectivity index (χ4n) is 2.65. The summed E-state index contributed by atoms with van der Waals surface area (Å²) < 4.78 is 1.10. The third-order valence-corrected chi connectivity index (χ3v) is 4.01. The van der Waals surface area contributed by atoms with Gasteiger partial charge in [0.15, 0.2) is 0 Å². The first-order valence-electron chi connectivity index (χ1n) is 6.38. The van der Waals surface area contributed by atoms with Gasteiger partial charge >= 0.3 is 6.09 Å². The van der Waals surface area contributed by atoms with Crippen molar-refractivity contribution in [3.05, 3.63) is 33.8 Å². The van der Waals surface area contributed by atoms with Crippen LogP contribution in [-0.2, 0) is 12.8 Å². The molecule has 1 aromatic rings. The number of benzene rings is 1. The molecular weight excluding hydrogens is 294 g/mol. The van der Waals surface area contributed by atoms with Crippen molar-refractivity contribution < 1.29 is 9.90 Å². The fraction of sp³-hybridized carbons (Fsp3) is 0.500. The Kier molecular flexibility index (Phi) is 4.27. The number of aryl methyl sites for hydroxylation is 1. The number of nitrogens with zero attached hydrogens (tertiary/aromatic N) is 1. The second-order valence-corrected chi connectivity index (χ2v) is 5.70. The van der Waals surface area contributed by atoms with Crippen molar-refractivity contribution in [2.75, 3.05) is 6.54 Å². The Labute approximate surface area is 116 Å². The van der Waals surface area contributed by atoms with E-state index in [1.165, 1.54) is 11.1 Å². The van der Waals surface area contributed by atoms with Gasteiger partial charge in [-0.05, 0) is 48.9 Å². The quantitative estimate of drug-likeness (QED) is 0.924. The van der Waals surface area contributed by atoms with Gasteiger partial charge < -0.3 is 10.0 Å². The molecule has 18 heavy (non-hydrogen) atoms. The van der Waals surface area contributed by atoms with E-state index in [0.29, 0.717) is 6.54 Å². The average molecular weight is 312 g/mol. The molecule has 1 aromatic carbocycles. The largest absolute Gasteiger partial charge is 0.465 e. The first-order chi connectivity index (χ1) is 8.61. The number of hydrogen-bond donors (Lipinski definition) is 1. The van der Waals surface area contributed by atoms with Crippen LogP contribution in [0.3, 0.4) is 0 Å². The normalized spacial score (nSPS) is 18.2. The van der Waals surface area contributed by atoms with Crippen molar-refractivity contribution in [1.82, 2.24) is 4.90 Å². The van der Waals surface area contributed by atoms with Gasteiger partial charge in [0, 0.05) is 17.1 Å². The van der Waals surface area contributed by atoms with Gasteiger partial charge in [-0.3, -0.25) is 0 Å². The maximum atomic E-state index is 11.3. The molecule has 0 saturated heterocycles. The van der Waals surface area contributed by atoms with Crippen LogP contribution in [0, 0.1) is 0 Å². The van der Waals surface area contributed by atoms with Gasteiger partial charge in [0.2, 0.25) is 0 Å². The molecule has 3 nitrogen and oxygen atoms in total. The molecule has 4 heteroatoms. The number of rotatable bonds is 3. The Balaban J connectivity index is 2.15. The van der Waals surface area contributed by atoms with Gasteiger partial charge in [-0.2, -0.15) is 0 Å². The zero-order chi connectivity index (χ0) is 13.1. The van der Waals surface area contributed by atoms with Crippen LogP contribution < -0.4 is 0 Å². The lowest BCUT2D eigenvalue weighted by molar-refractivity contribution is 0.119. The van der Waals surface area contributed by atoms with Crippen LogP contribution >= 0.6 is 15.9 Å². The topological polar surface area (TPSA) is 40.5 Å². The predicted molar refractivity (Wildman–Crippen MR) is 75.0 cm³/mol. The molecule has 1 atom stereocenters. The van der Waals surface area contributed by atoms with E-state index in [1.807, 2.05) is 13.0 Å². The minimum Gasteiger partial charge on any atom is -0.465 e. The number of carboxylic acid groups (broad SMARTS) is 1. The summed E-state index contributed by atoms with van der Waals surface area (Å²) in [4.78, 5) is 12.9. The summed E-state index contributed by atoms with van der Waals surface area (Å²) in [6.45, 7) is 2.65. The van der Waals surface area contributed by atoms with Gasteiger partial charge in [0.25, 0.3) is 0 Å². The number of halogens is 1. The molecule has 0 aromatic heterocycles. The molecule has 0 fully saturated rings. The summed E-state index contributed by atoms with van der Waals surface area (Å²) in [5, 5.41) is 9.27. The molecule has 1 amide bonds. The highest BCUT2D eigenvalue weighted by Gasteiger charge is 2.26. The lowest BCUT2D eigenvalue weighted by atomic mass is 9.87. The first kappa shape index (κ1) is 13.4. The fourth-order valence-corrected chi connectivity index (χ4v) is 3.05. The smallest absolute Gasteiger partial charge is 0.407 e. The van der Waals surface area contributed by atoms with Crippen LogP contribution in [0.4, 0.5) is 4.79 Å². The molecular formula is C14H18BrNO2. The van der Waals surface area contributed by atoms with Crippen LogP contribution in [0.5, 0.6) is 0 Å². The number of amides is 1. The highest BCUT2D eigenvalue weighted by atomic mass is 79.9. The van der Waals surface area contributed by atoms with E-state index < -0.39 is 6.09 Å². The Hall–Kier alpha value is -1.03. The van der Waals surface area contributed by atoms with Gasteiger partial charge in [-0.15, -0.1) is 0 Å². The highest BCUT2D eigenvalue weighted by Crippen LogP contribution is 2.27. The highest BCUT2D eigenvalue weighted by molar-refractivity contribution is 9.10. The van der Waals surface area contributed by atoms with Crippen molar-refractivity contribution >= 4 is 22.0 Å². The van der Waals surface area contributed by atoms with Gasteiger partial charge in [-0.25, -0.2) is 4.79 Å². The zero-order valence-electron chi connectivity index (χ0n) is 10.5. The van der Waals surface area contributed by atoms with E-state index in [1.54, 1.807) is 4.90 Å². The molecule has 0 aliphatic heterocycles. The van der Waals surface area contributed by atoms with E-state index in [4.69, 9.17) is 0 Å². The molecule has 0 saturated carbocycles. The summed E-state index contributed by atoms with van der Waals surface area (Å²) in [6.07, 6.45) is 2.82. The van der Waals surface area contributed by atoms with Crippen LogP contribution in [0.15, 0.2) is 22.7 Å². The van der Waals surface area contributed by atoms with E-state index >= 15 is 0 Å². The first-order valence-corrected chi connectivity index (χ1v) is 7.18. The SMILES string of the molecule is CCCN(C(=O)O)[C@H]1CCc2cc(Br)ccc2C1. The van der Waals surface area contributed by atoms with Crippen LogP contribution in [0.2, 0.25) is 0 Å². The molecule has 0 bridgehead atoms. The molecule has 2 rings (SSSR count). The summed E-state index contributed by atoms with van der Waals surface area (Å²) >= 11 is 3.48. The predicted octanol–water partition coefficient (Wildman–Crippen LogP) is 3.70. The van der Waals surface area contributed by atoms with E-state index in [2.05, 4.69) is 28.1 Å². The van der Waals surface area contributed by atoms with Crippen LogP contribution in [0.1, 0.15) is 30.9 Å². The lowest BCUT2D eigenvalue weighted by Crippen LogP contribution is -2.43. The summed E-state index contributed by atoms with van der Waals surface area (Å²) in [6, 6.07) is 6.43. The Morgan fingerprint density at radius 2 is 2.28 bits per heavy atom. The monoisotopic (exact) mass is 311 g/mol. The lowest BCUT2D eigenvalue weighted by Gasteiger charge is -2.33. The molecule has 1 aliphatic carbocycles. The maximum absolute atomic E-state index is 11.3. The van der Waals surface area contributed by atoms with Crippen molar-refractivity contribution in [2.45, 2.75) is 38.6 Å². The minimum absolute atomic E-state index is 0.135. The van der Waals surface area contributed by atoms with Crippen molar-refractivity contribution in [1.29, 1.82) is 0 Å².